The monoisotopic (exact) mass is 337 g/mol. The van der Waals surface area contributed by atoms with Gasteiger partial charge in [0.15, 0.2) is 0 Å². The fourth-order valence-corrected chi connectivity index (χ4v) is 4.45. The maximum Gasteiger partial charge on any atom is 0.407 e. The largest absolute Gasteiger partial charge is 0.465 e. The molecule has 1 aliphatic carbocycles. The van der Waals surface area contributed by atoms with Gasteiger partial charge in [0.05, 0.1) is 0 Å². The number of carbonyl (C=O) groups is 1. The Hall–Kier alpha value is -1.03. The van der Waals surface area contributed by atoms with Gasteiger partial charge < -0.3 is 10.0 Å². The van der Waals surface area contributed by atoms with E-state index in [1.165, 1.54) is 5.56 Å². The van der Waals surface area contributed by atoms with Crippen LogP contribution in [0.4, 0.5) is 4.79 Å². The Kier molecular flexibility index (Phi) is 2.79. The zero-order chi connectivity index (χ0) is 14.8. The van der Waals surface area contributed by atoms with Crippen LogP contribution >= 0.6 is 15.9 Å². The number of fused-ring (bicyclic) bond motifs is 1. The van der Waals surface area contributed by atoms with Gasteiger partial charge in [-0.2, -0.15) is 0 Å². The Morgan fingerprint density at radius 1 is 1.25 bits per heavy atom. The third-order valence-electron chi connectivity index (χ3n) is 5.42. The maximum atomic E-state index is 11.4. The highest BCUT2D eigenvalue weighted by Crippen LogP contribution is 2.75. The zero-order valence-electron chi connectivity index (χ0n) is 12.1. The van der Waals surface area contributed by atoms with Crippen LogP contribution in [0.5, 0.6) is 0 Å². The molecule has 20 heavy (non-hydrogen) atoms. The number of carboxylic acid groups (broad SMARTS) is 1. The number of amides is 1. The van der Waals surface area contributed by atoms with Crippen molar-refractivity contribution in [3.05, 3.63) is 34.3 Å². The quantitative estimate of drug-likeness (QED) is 0.837. The predicted octanol–water partition coefficient (Wildman–Crippen LogP) is 4.12. The van der Waals surface area contributed by atoms with Gasteiger partial charge in [0.2, 0.25) is 0 Å². The molecule has 0 bridgehead atoms. The Balaban J connectivity index is 2.04. The van der Waals surface area contributed by atoms with Crippen LogP contribution in [0.3, 0.4) is 0 Å². The number of piperidine rings is 1. The summed E-state index contributed by atoms with van der Waals surface area (Å²) in [5, 5.41) is 9.36. The van der Waals surface area contributed by atoms with Crippen molar-refractivity contribution in [3.63, 3.8) is 0 Å². The van der Waals surface area contributed by atoms with Crippen LogP contribution in [0.25, 0.3) is 0 Å². The van der Waals surface area contributed by atoms with E-state index in [9.17, 15) is 9.90 Å². The molecule has 2 fully saturated rings. The van der Waals surface area contributed by atoms with Crippen molar-refractivity contribution >= 4 is 22.0 Å². The Bertz CT molecular complexity index is 563. The smallest absolute Gasteiger partial charge is 0.407 e. The Labute approximate surface area is 128 Å². The van der Waals surface area contributed by atoms with Gasteiger partial charge in [0, 0.05) is 28.4 Å². The normalized spacial score (nSPS) is 32.1. The Morgan fingerprint density at radius 2 is 1.85 bits per heavy atom. The van der Waals surface area contributed by atoms with Crippen molar-refractivity contribution in [1.29, 1.82) is 0 Å². The van der Waals surface area contributed by atoms with Gasteiger partial charge in [-0.15, -0.1) is 0 Å². The number of halogens is 1. The summed E-state index contributed by atoms with van der Waals surface area (Å²) in [5.74, 6) is 0. The first-order chi connectivity index (χ1) is 9.22. The van der Waals surface area contributed by atoms with E-state index in [4.69, 9.17) is 0 Å². The second kappa shape index (κ2) is 4.00. The van der Waals surface area contributed by atoms with Gasteiger partial charge in [-0.1, -0.05) is 48.8 Å². The molecule has 1 heterocycles. The Morgan fingerprint density at radius 3 is 2.35 bits per heavy atom. The fraction of sp³-hybridized carbons (Fsp3) is 0.562. The van der Waals surface area contributed by atoms with Gasteiger partial charge in [-0.05, 0) is 29.5 Å². The average molecular weight is 338 g/mol. The molecule has 108 valence electrons. The lowest BCUT2D eigenvalue weighted by Crippen LogP contribution is -2.34. The van der Waals surface area contributed by atoms with E-state index in [1.807, 2.05) is 0 Å². The van der Waals surface area contributed by atoms with Gasteiger partial charge in [-0.3, -0.25) is 0 Å². The summed E-state index contributed by atoms with van der Waals surface area (Å²) in [6.07, 6.45) is 0.298. The molecule has 0 radical (unpaired) electrons. The van der Waals surface area contributed by atoms with Crippen molar-refractivity contribution in [1.82, 2.24) is 4.90 Å². The first kappa shape index (κ1) is 13.9. The number of nitrogens with zero attached hydrogens (tertiary/aromatic N) is 1. The molecule has 1 aromatic rings. The summed E-state index contributed by atoms with van der Waals surface area (Å²) >= 11 is 3.47. The lowest BCUT2D eigenvalue weighted by atomic mass is 9.72. The predicted molar refractivity (Wildman–Crippen MR) is 81.9 cm³/mol. The third kappa shape index (κ3) is 1.67. The number of hydrogen-bond acceptors (Lipinski definition) is 1. The van der Waals surface area contributed by atoms with Gasteiger partial charge in [-0.25, -0.2) is 4.79 Å². The van der Waals surface area contributed by atoms with Crippen LogP contribution in [-0.4, -0.2) is 29.2 Å². The number of benzene rings is 1. The second-order valence-electron chi connectivity index (χ2n) is 7.24. The van der Waals surface area contributed by atoms with Crippen molar-refractivity contribution in [2.45, 2.75) is 32.6 Å². The fourth-order valence-electron chi connectivity index (χ4n) is 4.19. The summed E-state index contributed by atoms with van der Waals surface area (Å²) in [6.45, 7) is 7.99. The minimum Gasteiger partial charge on any atom is -0.465 e. The zero-order valence-corrected chi connectivity index (χ0v) is 13.7. The SMILES string of the molecule is CC(C)(C)[C@@]12CN(C(=O)O)C[C@]1(c1ccc(Br)cc1)C2. The van der Waals surface area contributed by atoms with E-state index in [2.05, 4.69) is 61.0 Å². The van der Waals surface area contributed by atoms with Crippen LogP contribution in [0.2, 0.25) is 0 Å². The minimum absolute atomic E-state index is 0.00431. The molecule has 0 spiro atoms. The lowest BCUT2D eigenvalue weighted by Gasteiger charge is -2.32. The topological polar surface area (TPSA) is 40.5 Å². The number of hydrogen-bond donors (Lipinski definition) is 1. The van der Waals surface area contributed by atoms with Crippen molar-refractivity contribution in [2.24, 2.45) is 10.8 Å². The highest BCUT2D eigenvalue weighted by Gasteiger charge is 2.77. The van der Waals surface area contributed by atoms with Gasteiger partial charge >= 0.3 is 6.09 Å². The molecule has 1 aliphatic heterocycles. The molecule has 2 atom stereocenters. The van der Waals surface area contributed by atoms with E-state index >= 15 is 0 Å². The van der Waals surface area contributed by atoms with E-state index in [1.54, 1.807) is 4.90 Å². The summed E-state index contributed by atoms with van der Waals surface area (Å²) in [7, 11) is 0. The van der Waals surface area contributed by atoms with Gasteiger partial charge in [0.1, 0.15) is 0 Å². The number of likely N-dealkylation sites (tertiary alicyclic amines) is 1. The molecule has 4 heteroatoms. The third-order valence-corrected chi connectivity index (χ3v) is 5.95. The first-order valence-electron chi connectivity index (χ1n) is 6.96. The van der Waals surface area contributed by atoms with Crippen LogP contribution in [0.15, 0.2) is 28.7 Å². The molecular weight excluding hydrogens is 318 g/mol. The minimum atomic E-state index is -0.794. The maximum absolute atomic E-state index is 11.4. The van der Waals surface area contributed by atoms with Crippen LogP contribution in [0, 0.1) is 10.8 Å². The molecule has 3 rings (SSSR count). The highest BCUT2D eigenvalue weighted by molar-refractivity contribution is 9.10. The van der Waals surface area contributed by atoms with E-state index in [0.29, 0.717) is 13.1 Å². The second-order valence-corrected chi connectivity index (χ2v) is 8.15. The molecule has 1 N–H and O–H groups in total. The van der Waals surface area contributed by atoms with Crippen LogP contribution in [0.1, 0.15) is 32.8 Å². The summed E-state index contributed by atoms with van der Waals surface area (Å²) < 4.78 is 1.06. The molecule has 1 saturated heterocycles. The molecular formula is C16H20BrNO2. The molecule has 1 aromatic carbocycles. The number of rotatable bonds is 1. The van der Waals surface area contributed by atoms with Crippen molar-refractivity contribution < 1.29 is 9.90 Å². The molecule has 0 aromatic heterocycles. The lowest BCUT2D eigenvalue weighted by molar-refractivity contribution is 0.133. The molecule has 2 aliphatic rings. The van der Waals surface area contributed by atoms with Crippen molar-refractivity contribution in [2.75, 3.05) is 13.1 Å². The van der Waals surface area contributed by atoms with E-state index in [-0.39, 0.29) is 16.2 Å². The summed E-state index contributed by atoms with van der Waals surface area (Å²) in [4.78, 5) is 13.0. The van der Waals surface area contributed by atoms with E-state index in [0.717, 1.165) is 10.9 Å². The standard InChI is InChI=1S/C16H20BrNO2/c1-14(2,3)16-8-15(16,9-18(10-16)13(19)20)11-4-6-12(17)7-5-11/h4-7H,8-10H2,1-3H3,(H,19,20)/t15-,16+/m0/s1. The highest BCUT2D eigenvalue weighted by atomic mass is 79.9. The average Bonchev–Trinajstić information content (AvgIpc) is 2.88. The molecule has 3 nitrogen and oxygen atoms in total. The first-order valence-corrected chi connectivity index (χ1v) is 7.75. The summed E-state index contributed by atoms with van der Waals surface area (Å²) in [6, 6.07) is 8.39. The molecule has 0 unspecified atom stereocenters. The molecule has 1 saturated carbocycles. The van der Waals surface area contributed by atoms with Crippen LogP contribution in [-0.2, 0) is 5.41 Å². The molecule has 1 amide bonds. The van der Waals surface area contributed by atoms with E-state index < -0.39 is 6.09 Å². The van der Waals surface area contributed by atoms with Crippen molar-refractivity contribution in [3.8, 4) is 0 Å². The van der Waals surface area contributed by atoms with Gasteiger partial charge in [0.25, 0.3) is 0 Å². The summed E-state index contributed by atoms with van der Waals surface area (Å²) in [5.41, 5.74) is 1.46. The van der Waals surface area contributed by atoms with Crippen LogP contribution < -0.4 is 0 Å².